The van der Waals surface area contributed by atoms with Gasteiger partial charge in [0.2, 0.25) is 0 Å². The second-order valence-electron chi connectivity index (χ2n) is 4.75. The van der Waals surface area contributed by atoms with E-state index >= 15 is 0 Å². The maximum absolute atomic E-state index is 11.0. The summed E-state index contributed by atoms with van der Waals surface area (Å²) in [5, 5.41) is 4.17. The van der Waals surface area contributed by atoms with E-state index in [-0.39, 0.29) is 16.5 Å². The van der Waals surface area contributed by atoms with Crippen LogP contribution in [0.5, 0.6) is 0 Å². The van der Waals surface area contributed by atoms with Gasteiger partial charge in [0.05, 0.1) is 11.4 Å². The molecule has 0 atom stereocenters. The number of carbonyl (C=O) groups is 1. The van der Waals surface area contributed by atoms with Crippen molar-refractivity contribution in [1.29, 1.82) is 0 Å². The number of nitrogens with zero attached hydrogens (tertiary/aromatic N) is 2. The zero-order valence-corrected chi connectivity index (χ0v) is 14.7. The number of anilines is 2. The summed E-state index contributed by atoms with van der Waals surface area (Å²) in [6.45, 7) is 0. The number of aliphatic imine (C=N–C) groups is 1. The van der Waals surface area contributed by atoms with Crippen molar-refractivity contribution in [3.8, 4) is 0 Å². The molecule has 0 aliphatic carbocycles. The number of nitrogen functional groups attached to an aromatic ring is 2. The average Bonchev–Trinajstić information content (AvgIpc) is 2.56. The van der Waals surface area contributed by atoms with E-state index in [4.69, 9.17) is 11.5 Å². The fraction of sp³-hybridized carbons (Fsp3) is 0. The van der Waals surface area contributed by atoms with Gasteiger partial charge in [0.25, 0.3) is 0 Å². The molecule has 0 saturated heterocycles. The minimum absolute atomic E-state index is 0. The van der Waals surface area contributed by atoms with E-state index in [1.54, 1.807) is 24.3 Å². The number of hydrogen-bond donors (Lipinski definition) is 2. The van der Waals surface area contributed by atoms with Crippen molar-refractivity contribution in [2.75, 3.05) is 11.5 Å². The number of allylic oxidation sites excluding steroid dienone is 1. The van der Waals surface area contributed by atoms with E-state index in [9.17, 15) is 22.1 Å². The molecule has 0 saturated carbocycles. The van der Waals surface area contributed by atoms with Crippen LogP contribution in [0.25, 0.3) is 5.32 Å². The first-order valence-corrected chi connectivity index (χ1v) is 7.17. The molecule has 0 fully saturated rings. The van der Waals surface area contributed by atoms with E-state index < -0.39 is 7.25 Å². The largest absolute Gasteiger partial charge is 2.00 e. The summed E-state index contributed by atoms with van der Waals surface area (Å²) in [5.74, 6) is 0. The molecule has 0 radical (unpaired) electrons. The molecule has 146 valence electrons. The number of para-hydroxylation sites is 4. The summed E-state index contributed by atoms with van der Waals surface area (Å²) in [6, 6.07) is 14.3. The Balaban J connectivity index is 0.00000100. The second kappa shape index (κ2) is 11.7. The van der Waals surface area contributed by atoms with Gasteiger partial charge in [-0.05, 0) is 18.2 Å². The molecule has 0 aromatic heterocycles. The van der Waals surface area contributed by atoms with Crippen molar-refractivity contribution in [3.05, 3.63) is 65.6 Å². The molecule has 5 nitrogen and oxygen atoms in total. The van der Waals surface area contributed by atoms with Gasteiger partial charge in [0.1, 0.15) is 6.29 Å². The van der Waals surface area contributed by atoms with Gasteiger partial charge in [-0.2, -0.15) is 6.20 Å². The van der Waals surface area contributed by atoms with Crippen LogP contribution in [0.4, 0.5) is 40.0 Å². The molecule has 0 spiro atoms. The molecule has 0 bridgehead atoms. The Hall–Kier alpha value is -2.80. The summed E-state index contributed by atoms with van der Waals surface area (Å²) < 4.78 is 39.0. The Bertz CT molecular complexity index is 794. The molecule has 4 N–H and O–H groups in total. The zero-order chi connectivity index (χ0) is 19.6. The van der Waals surface area contributed by atoms with Crippen LogP contribution < -0.4 is 11.5 Å². The van der Waals surface area contributed by atoms with Gasteiger partial charge in [-0.1, -0.05) is 30.3 Å². The third-order valence-electron chi connectivity index (χ3n) is 2.72. The molecule has 0 aliphatic rings. The van der Waals surface area contributed by atoms with Gasteiger partial charge in [-0.25, -0.2) is 0 Å². The Morgan fingerprint density at radius 1 is 0.963 bits per heavy atom. The number of hydrogen-bond acceptors (Lipinski definition) is 4. The monoisotopic (exact) mass is 424 g/mol. The number of nitrogens with two attached hydrogens (primary N) is 2. The van der Waals surface area contributed by atoms with Crippen LogP contribution >= 0.6 is 0 Å². The number of aldehydes is 1. The summed E-state index contributed by atoms with van der Waals surface area (Å²) in [7, 11) is -6.00. The van der Waals surface area contributed by atoms with Gasteiger partial charge in [-0.3, -0.25) is 9.79 Å². The second-order valence-corrected chi connectivity index (χ2v) is 4.75. The molecule has 27 heavy (non-hydrogen) atoms. The maximum Gasteiger partial charge on any atom is 2.00 e. The average molecular weight is 425 g/mol. The molecule has 0 amide bonds. The summed E-state index contributed by atoms with van der Waals surface area (Å²) in [4.78, 5) is 15.2. The van der Waals surface area contributed by atoms with E-state index in [0.717, 1.165) is 0 Å². The molecule has 0 aliphatic heterocycles. The van der Waals surface area contributed by atoms with E-state index in [0.29, 0.717) is 34.6 Å². The number of rotatable bonds is 5. The van der Waals surface area contributed by atoms with Crippen molar-refractivity contribution in [1.82, 2.24) is 0 Å². The van der Waals surface area contributed by atoms with Crippen LogP contribution in [0.3, 0.4) is 0 Å². The van der Waals surface area contributed by atoms with Crippen molar-refractivity contribution < 1.29 is 38.5 Å². The van der Waals surface area contributed by atoms with Crippen LogP contribution in [-0.2, 0) is 21.3 Å². The first-order chi connectivity index (χ1) is 12.2. The SMILES string of the molecule is F[B-](F)(F)F.Nc1ccccc1N=C/C(C=O)=C\[N-]c1ccccc1N.[Ni+2]. The molecular weight excluding hydrogens is 410 g/mol. The first-order valence-electron chi connectivity index (χ1n) is 7.17. The minimum Gasteiger partial charge on any atom is -0.662 e. The standard InChI is InChI=1S/C16H16N4O.BF4.Ni/c17-13-5-1-3-7-15(13)19-9-12(11-21)10-20-16-8-4-2-6-14(16)18;2-1(3,4)5;/h1-11H,17-18H2,(H,19,20,21);;/q;-1;+2/p-1. The van der Waals surface area contributed by atoms with Gasteiger partial charge in [0.15, 0.2) is 0 Å². The van der Waals surface area contributed by atoms with Gasteiger partial charge < -0.3 is 34.0 Å². The van der Waals surface area contributed by atoms with Gasteiger partial charge in [-0.15, -0.1) is 5.69 Å². The van der Waals surface area contributed by atoms with Crippen molar-refractivity contribution in [3.63, 3.8) is 0 Å². The van der Waals surface area contributed by atoms with Gasteiger partial charge in [0, 0.05) is 17.5 Å². The van der Waals surface area contributed by atoms with E-state index in [1.807, 2.05) is 24.3 Å². The molecule has 0 heterocycles. The molecule has 0 unspecified atom stereocenters. The number of carbonyl (C=O) groups excluding carboxylic acids is 1. The van der Waals surface area contributed by atoms with Crippen LogP contribution in [-0.4, -0.2) is 19.8 Å². The summed E-state index contributed by atoms with van der Waals surface area (Å²) >= 11 is 0. The van der Waals surface area contributed by atoms with E-state index in [2.05, 4.69) is 10.3 Å². The van der Waals surface area contributed by atoms with Crippen LogP contribution in [0, 0.1) is 0 Å². The predicted octanol–water partition coefficient (Wildman–Crippen LogP) is 4.64. The van der Waals surface area contributed by atoms with Crippen molar-refractivity contribution in [2.24, 2.45) is 4.99 Å². The quantitative estimate of drug-likeness (QED) is 0.183. The van der Waals surface area contributed by atoms with Crippen LogP contribution in [0.15, 0.2) is 65.3 Å². The summed E-state index contributed by atoms with van der Waals surface area (Å²) in [6.07, 6.45) is 3.51. The third kappa shape index (κ3) is 10.7. The maximum atomic E-state index is 11.0. The first kappa shape index (κ1) is 24.2. The predicted molar refractivity (Wildman–Crippen MR) is 97.2 cm³/mol. The Kier molecular flexibility index (Phi) is 10.5. The molecule has 11 heteroatoms. The Morgan fingerprint density at radius 3 is 2.00 bits per heavy atom. The van der Waals surface area contributed by atoms with Crippen LogP contribution in [0.1, 0.15) is 0 Å². The minimum atomic E-state index is -6.00. The molecular formula is C16H15BF4N4NiO. The van der Waals surface area contributed by atoms with E-state index in [1.165, 1.54) is 12.4 Å². The van der Waals surface area contributed by atoms with Gasteiger partial charge >= 0.3 is 23.7 Å². The van der Waals surface area contributed by atoms with Crippen molar-refractivity contribution >= 4 is 42.5 Å². The third-order valence-corrected chi connectivity index (χ3v) is 2.72. The van der Waals surface area contributed by atoms with Crippen molar-refractivity contribution in [2.45, 2.75) is 0 Å². The Labute approximate surface area is 163 Å². The Morgan fingerprint density at radius 2 is 1.48 bits per heavy atom. The zero-order valence-electron chi connectivity index (χ0n) is 13.7. The smallest absolute Gasteiger partial charge is 0.662 e. The number of halogens is 4. The molecule has 2 aromatic rings. The molecule has 2 aromatic carbocycles. The normalized spacial score (nSPS) is 11.2. The topological polar surface area (TPSA) is 95.6 Å². The fourth-order valence-corrected chi connectivity index (χ4v) is 1.59. The van der Waals surface area contributed by atoms with Crippen LogP contribution in [0.2, 0.25) is 0 Å². The fourth-order valence-electron chi connectivity index (χ4n) is 1.59. The summed E-state index contributed by atoms with van der Waals surface area (Å²) in [5.41, 5.74) is 14.2. The number of benzene rings is 2. The molecule has 2 rings (SSSR count).